The third-order valence-corrected chi connectivity index (χ3v) is 2.02. The third kappa shape index (κ3) is 2.22. The fourth-order valence-electron chi connectivity index (χ4n) is 1.27. The van der Waals surface area contributed by atoms with E-state index in [4.69, 9.17) is 11.6 Å². The molecule has 5 heteroatoms. The zero-order chi connectivity index (χ0) is 10.8. The van der Waals surface area contributed by atoms with Gasteiger partial charge in [-0.05, 0) is 18.2 Å². The molecule has 2 rings (SSSR count). The standard InChI is InChI=1S/C10H8ClN3O/c1-6(15)13-7-2-3-8-9(4-7)14-10(11)5-12-8/h2-5H,1H3,(H,13,15). The fourth-order valence-corrected chi connectivity index (χ4v) is 1.41. The van der Waals surface area contributed by atoms with Gasteiger partial charge in [0.05, 0.1) is 17.2 Å². The molecular formula is C10H8ClN3O. The van der Waals surface area contributed by atoms with Crippen LogP contribution in [0.1, 0.15) is 6.92 Å². The van der Waals surface area contributed by atoms with Gasteiger partial charge in [-0.3, -0.25) is 9.78 Å². The first-order valence-electron chi connectivity index (χ1n) is 4.35. The van der Waals surface area contributed by atoms with Gasteiger partial charge < -0.3 is 5.32 Å². The number of carbonyl (C=O) groups is 1. The van der Waals surface area contributed by atoms with E-state index in [1.165, 1.54) is 13.1 Å². The number of amides is 1. The Morgan fingerprint density at radius 2 is 2.20 bits per heavy atom. The Morgan fingerprint density at radius 3 is 2.93 bits per heavy atom. The normalized spacial score (nSPS) is 10.3. The van der Waals surface area contributed by atoms with Crippen molar-refractivity contribution in [3.8, 4) is 0 Å². The number of halogens is 1. The molecular weight excluding hydrogens is 214 g/mol. The maximum atomic E-state index is 10.8. The molecule has 1 N–H and O–H groups in total. The first kappa shape index (κ1) is 9.86. The van der Waals surface area contributed by atoms with Crippen LogP contribution in [-0.2, 0) is 4.79 Å². The quantitative estimate of drug-likeness (QED) is 0.804. The minimum atomic E-state index is -0.121. The number of carbonyl (C=O) groups excluding carboxylic acids is 1. The lowest BCUT2D eigenvalue weighted by molar-refractivity contribution is -0.114. The van der Waals surface area contributed by atoms with Gasteiger partial charge in [-0.1, -0.05) is 11.6 Å². The summed E-state index contributed by atoms with van der Waals surface area (Å²) in [6.45, 7) is 1.45. The van der Waals surface area contributed by atoms with Gasteiger partial charge in [0.25, 0.3) is 0 Å². The van der Waals surface area contributed by atoms with Gasteiger partial charge in [-0.15, -0.1) is 0 Å². The van der Waals surface area contributed by atoms with Gasteiger partial charge in [0.1, 0.15) is 5.15 Å². The van der Waals surface area contributed by atoms with Crippen LogP contribution in [0.2, 0.25) is 5.15 Å². The van der Waals surface area contributed by atoms with Crippen LogP contribution in [-0.4, -0.2) is 15.9 Å². The predicted molar refractivity (Wildman–Crippen MR) is 58.9 cm³/mol. The predicted octanol–water partition coefficient (Wildman–Crippen LogP) is 2.24. The highest BCUT2D eigenvalue weighted by Gasteiger charge is 2.00. The van der Waals surface area contributed by atoms with Crippen LogP contribution >= 0.6 is 11.6 Å². The summed E-state index contributed by atoms with van der Waals surface area (Å²) >= 11 is 5.72. The summed E-state index contributed by atoms with van der Waals surface area (Å²) < 4.78 is 0. The van der Waals surface area contributed by atoms with Crippen molar-refractivity contribution < 1.29 is 4.79 Å². The molecule has 15 heavy (non-hydrogen) atoms. The molecule has 0 atom stereocenters. The lowest BCUT2D eigenvalue weighted by Gasteiger charge is -2.02. The van der Waals surface area contributed by atoms with Crippen LogP contribution in [0.5, 0.6) is 0 Å². The molecule has 1 aromatic heterocycles. The second-order valence-corrected chi connectivity index (χ2v) is 3.46. The molecule has 2 aromatic rings. The number of rotatable bonds is 1. The van der Waals surface area contributed by atoms with Crippen molar-refractivity contribution >= 4 is 34.2 Å². The summed E-state index contributed by atoms with van der Waals surface area (Å²) in [5.74, 6) is -0.121. The van der Waals surface area contributed by atoms with Gasteiger partial charge in [-0.2, -0.15) is 0 Å². The van der Waals surface area contributed by atoms with Gasteiger partial charge in [-0.25, -0.2) is 4.98 Å². The first-order chi connectivity index (χ1) is 7.15. The van der Waals surface area contributed by atoms with E-state index in [-0.39, 0.29) is 5.91 Å². The van der Waals surface area contributed by atoms with Crippen LogP contribution in [0, 0.1) is 0 Å². The summed E-state index contributed by atoms with van der Waals surface area (Å²) in [7, 11) is 0. The summed E-state index contributed by atoms with van der Waals surface area (Å²) in [5, 5.41) is 3.00. The van der Waals surface area contributed by atoms with Gasteiger partial charge in [0, 0.05) is 12.6 Å². The second kappa shape index (κ2) is 3.82. The molecule has 0 bridgehead atoms. The summed E-state index contributed by atoms with van der Waals surface area (Å²) in [4.78, 5) is 19.0. The number of nitrogens with zero attached hydrogens (tertiary/aromatic N) is 2. The van der Waals surface area contributed by atoms with Crippen molar-refractivity contribution in [2.75, 3.05) is 5.32 Å². The molecule has 0 unspecified atom stereocenters. The second-order valence-electron chi connectivity index (χ2n) is 3.08. The SMILES string of the molecule is CC(=O)Nc1ccc2ncc(Cl)nc2c1. The average molecular weight is 222 g/mol. The maximum Gasteiger partial charge on any atom is 0.221 e. The Hall–Kier alpha value is -1.68. The fraction of sp³-hybridized carbons (Fsp3) is 0.100. The van der Waals surface area contributed by atoms with Crippen molar-refractivity contribution in [1.29, 1.82) is 0 Å². The van der Waals surface area contributed by atoms with Crippen LogP contribution in [0.3, 0.4) is 0 Å². The number of benzene rings is 1. The Balaban J connectivity index is 2.49. The minimum Gasteiger partial charge on any atom is -0.326 e. The van der Waals surface area contributed by atoms with E-state index >= 15 is 0 Å². The van der Waals surface area contributed by atoms with Crippen LogP contribution in [0.4, 0.5) is 5.69 Å². The number of hydrogen-bond acceptors (Lipinski definition) is 3. The smallest absolute Gasteiger partial charge is 0.221 e. The number of hydrogen-bond donors (Lipinski definition) is 1. The van der Waals surface area contributed by atoms with E-state index in [0.717, 1.165) is 5.52 Å². The first-order valence-corrected chi connectivity index (χ1v) is 4.73. The number of nitrogens with one attached hydrogen (secondary N) is 1. The van der Waals surface area contributed by atoms with Crippen molar-refractivity contribution in [3.63, 3.8) is 0 Å². The molecule has 1 aromatic carbocycles. The van der Waals surface area contributed by atoms with E-state index in [1.807, 2.05) is 0 Å². The van der Waals surface area contributed by atoms with E-state index in [2.05, 4.69) is 15.3 Å². The number of anilines is 1. The zero-order valence-electron chi connectivity index (χ0n) is 7.99. The maximum absolute atomic E-state index is 10.8. The Bertz CT molecular complexity index is 527. The number of aromatic nitrogens is 2. The van der Waals surface area contributed by atoms with Crippen LogP contribution < -0.4 is 5.32 Å². The van der Waals surface area contributed by atoms with E-state index in [9.17, 15) is 4.79 Å². The van der Waals surface area contributed by atoms with Crippen molar-refractivity contribution in [2.24, 2.45) is 0 Å². The lowest BCUT2D eigenvalue weighted by atomic mass is 10.2. The largest absolute Gasteiger partial charge is 0.326 e. The minimum absolute atomic E-state index is 0.121. The summed E-state index contributed by atoms with van der Waals surface area (Å²) in [5.41, 5.74) is 2.09. The van der Waals surface area contributed by atoms with Crippen molar-refractivity contribution in [3.05, 3.63) is 29.5 Å². The molecule has 76 valence electrons. The lowest BCUT2D eigenvalue weighted by Crippen LogP contribution is -2.05. The molecule has 0 aliphatic rings. The Labute approximate surface area is 91.3 Å². The summed E-state index contributed by atoms with van der Waals surface area (Å²) in [6, 6.07) is 5.28. The molecule has 0 spiro atoms. The Kier molecular flexibility index (Phi) is 2.51. The number of fused-ring (bicyclic) bond motifs is 1. The van der Waals surface area contributed by atoms with Crippen molar-refractivity contribution in [2.45, 2.75) is 6.92 Å². The molecule has 0 radical (unpaired) electrons. The topological polar surface area (TPSA) is 54.9 Å². The van der Waals surface area contributed by atoms with Gasteiger partial charge in [0.2, 0.25) is 5.91 Å². The average Bonchev–Trinajstić information content (AvgIpc) is 2.16. The highest BCUT2D eigenvalue weighted by atomic mass is 35.5. The molecule has 0 saturated carbocycles. The van der Waals surface area contributed by atoms with Gasteiger partial charge >= 0.3 is 0 Å². The molecule has 0 aliphatic heterocycles. The monoisotopic (exact) mass is 221 g/mol. The van der Waals surface area contributed by atoms with Crippen LogP contribution in [0.25, 0.3) is 11.0 Å². The molecule has 0 saturated heterocycles. The van der Waals surface area contributed by atoms with Crippen molar-refractivity contribution in [1.82, 2.24) is 9.97 Å². The molecule has 4 nitrogen and oxygen atoms in total. The van der Waals surface area contributed by atoms with Gasteiger partial charge in [0.15, 0.2) is 0 Å². The Morgan fingerprint density at radius 1 is 1.40 bits per heavy atom. The molecule has 0 fully saturated rings. The highest BCUT2D eigenvalue weighted by molar-refractivity contribution is 6.29. The van der Waals surface area contributed by atoms with E-state index in [1.54, 1.807) is 18.2 Å². The van der Waals surface area contributed by atoms with E-state index < -0.39 is 0 Å². The van der Waals surface area contributed by atoms with E-state index in [0.29, 0.717) is 16.4 Å². The highest BCUT2D eigenvalue weighted by Crippen LogP contribution is 2.17. The summed E-state index contributed by atoms with van der Waals surface area (Å²) in [6.07, 6.45) is 1.49. The zero-order valence-corrected chi connectivity index (χ0v) is 8.75. The molecule has 0 aliphatic carbocycles. The molecule has 1 amide bonds. The third-order valence-electron chi connectivity index (χ3n) is 1.83. The van der Waals surface area contributed by atoms with Crippen LogP contribution in [0.15, 0.2) is 24.4 Å². The molecule has 1 heterocycles.